The number of carbonyl (C=O) groups excluding carboxylic acids is 3. The number of aromatic nitrogens is 1. The highest BCUT2D eigenvalue weighted by Gasteiger charge is 2.38. The van der Waals surface area contributed by atoms with E-state index < -0.39 is 46.2 Å². The van der Waals surface area contributed by atoms with Crippen LogP contribution in [0.1, 0.15) is 61.9 Å². The summed E-state index contributed by atoms with van der Waals surface area (Å²) in [5.74, 6) is -0.760. The van der Waals surface area contributed by atoms with Gasteiger partial charge in [0.2, 0.25) is 12.1 Å². The van der Waals surface area contributed by atoms with Crippen molar-refractivity contribution in [1.29, 1.82) is 0 Å². The second-order valence-electron chi connectivity index (χ2n) is 11.3. The molecule has 11 nitrogen and oxygen atoms in total. The molecular weight excluding hydrogens is 608 g/mol. The van der Waals surface area contributed by atoms with Crippen LogP contribution in [0, 0.1) is 5.92 Å². The van der Waals surface area contributed by atoms with Crippen molar-refractivity contribution in [2.24, 2.45) is 5.92 Å². The number of ketones is 1. The van der Waals surface area contributed by atoms with Gasteiger partial charge >= 0.3 is 15.0 Å². The van der Waals surface area contributed by atoms with Gasteiger partial charge in [0.15, 0.2) is 11.5 Å². The average Bonchev–Trinajstić information content (AvgIpc) is 3.43. The number of hydrogen-bond acceptors (Lipinski definition) is 7. The molecular formula is C31H36ClN4O7S+. The topological polar surface area (TPSA) is 150 Å². The SMILES string of the molecule is O=C(N[C@@H](CC1CCCCC1)C(=O)N[C@H]1CCCN(S(=O)(=O)c2cccc[n+]2O)CC1=O)c1ccc(-c2ccc(Cl)cc2)o1. The predicted octanol–water partition coefficient (Wildman–Crippen LogP) is 3.73. The number of sulfonamides is 1. The number of halogens is 1. The number of benzene rings is 1. The zero-order valence-corrected chi connectivity index (χ0v) is 25.7. The Kier molecular flexibility index (Phi) is 10.0. The van der Waals surface area contributed by atoms with E-state index in [2.05, 4.69) is 10.6 Å². The van der Waals surface area contributed by atoms with Crippen LogP contribution in [0.3, 0.4) is 0 Å². The van der Waals surface area contributed by atoms with Gasteiger partial charge in [0.05, 0.1) is 12.6 Å². The zero-order chi connectivity index (χ0) is 31.3. The van der Waals surface area contributed by atoms with E-state index in [0.29, 0.717) is 28.4 Å². The van der Waals surface area contributed by atoms with Gasteiger partial charge in [-0.15, -0.1) is 0 Å². The normalized spacial score (nSPS) is 19.2. The van der Waals surface area contributed by atoms with Crippen molar-refractivity contribution in [3.8, 4) is 11.3 Å². The van der Waals surface area contributed by atoms with Gasteiger partial charge in [-0.2, -0.15) is 4.31 Å². The van der Waals surface area contributed by atoms with Crippen LogP contribution in [0.25, 0.3) is 11.3 Å². The molecule has 1 saturated carbocycles. The van der Waals surface area contributed by atoms with Crippen molar-refractivity contribution in [3.05, 3.63) is 71.6 Å². The van der Waals surface area contributed by atoms with Crippen LogP contribution in [-0.2, 0) is 19.6 Å². The van der Waals surface area contributed by atoms with Crippen molar-refractivity contribution in [2.75, 3.05) is 13.1 Å². The standard InChI is InChI=1S/C31H35ClN4O7S/c32-23-13-11-22(12-14-23)27-15-16-28(43-27)31(39)34-25(19-21-7-2-1-3-8-21)30(38)33-24-9-6-17-35(20-26(24)37)44(41,42)29-10-4-5-18-36(29)40/h4-5,10-16,18,21,24-25H,1-3,6-9,17,19-20H2,(H2-,33,34,38,39,40)/p+1/t24-,25-/m0/s1. The van der Waals surface area contributed by atoms with E-state index in [4.69, 9.17) is 16.0 Å². The third kappa shape index (κ3) is 7.48. The molecule has 1 aliphatic heterocycles. The first-order chi connectivity index (χ1) is 21.1. The number of carbonyl (C=O) groups is 3. The molecule has 0 unspecified atom stereocenters. The van der Waals surface area contributed by atoms with E-state index in [1.54, 1.807) is 36.4 Å². The van der Waals surface area contributed by atoms with Crippen LogP contribution in [0.5, 0.6) is 0 Å². The molecule has 5 rings (SSSR count). The molecule has 2 aromatic heterocycles. The largest absolute Gasteiger partial charge is 0.451 e. The van der Waals surface area contributed by atoms with Crippen molar-refractivity contribution in [1.82, 2.24) is 14.9 Å². The molecule has 2 amide bonds. The minimum absolute atomic E-state index is 0.0461. The van der Waals surface area contributed by atoms with Gasteiger partial charge in [0, 0.05) is 34.0 Å². The maximum atomic E-state index is 13.6. The van der Waals surface area contributed by atoms with Crippen LogP contribution in [0.2, 0.25) is 5.02 Å². The maximum Gasteiger partial charge on any atom is 0.361 e. The fourth-order valence-corrected chi connectivity index (χ4v) is 7.43. The summed E-state index contributed by atoms with van der Waals surface area (Å²) < 4.78 is 33.6. The van der Waals surface area contributed by atoms with Gasteiger partial charge in [-0.05, 0) is 67.6 Å². The third-order valence-corrected chi connectivity index (χ3v) is 10.3. The molecule has 1 aromatic carbocycles. The van der Waals surface area contributed by atoms with Crippen LogP contribution in [-0.4, -0.2) is 60.7 Å². The molecule has 1 saturated heterocycles. The summed E-state index contributed by atoms with van der Waals surface area (Å²) in [7, 11) is -4.16. The lowest BCUT2D eigenvalue weighted by molar-refractivity contribution is -0.933. The molecule has 13 heteroatoms. The number of nitrogens with zero attached hydrogens (tertiary/aromatic N) is 2. The minimum Gasteiger partial charge on any atom is -0.451 e. The Hall–Kier alpha value is -3.74. The molecule has 0 bridgehead atoms. The first-order valence-electron chi connectivity index (χ1n) is 14.8. The number of Topliss-reactive ketones (excluding diaryl/α,β-unsaturated/α-hetero) is 1. The molecule has 3 N–H and O–H groups in total. The van der Waals surface area contributed by atoms with Crippen molar-refractivity contribution in [2.45, 2.75) is 68.5 Å². The molecule has 0 spiro atoms. The number of hydrogen-bond donors (Lipinski definition) is 3. The summed E-state index contributed by atoms with van der Waals surface area (Å²) >= 11 is 5.97. The number of rotatable bonds is 9. The summed E-state index contributed by atoms with van der Waals surface area (Å²) in [4.78, 5) is 40.1. The molecule has 0 radical (unpaired) electrons. The lowest BCUT2D eigenvalue weighted by Crippen LogP contribution is -2.53. The fourth-order valence-electron chi connectivity index (χ4n) is 5.83. The van der Waals surface area contributed by atoms with Gasteiger partial charge < -0.3 is 15.1 Å². The number of amides is 2. The first kappa shape index (κ1) is 31.7. The fraction of sp³-hybridized carbons (Fsp3) is 0.419. The zero-order valence-electron chi connectivity index (χ0n) is 24.2. The number of nitrogens with one attached hydrogen (secondary N) is 2. The summed E-state index contributed by atoms with van der Waals surface area (Å²) in [6.07, 6.45) is 7.28. The highest BCUT2D eigenvalue weighted by atomic mass is 35.5. The van der Waals surface area contributed by atoms with Gasteiger partial charge in [-0.3, -0.25) is 19.6 Å². The van der Waals surface area contributed by atoms with E-state index in [9.17, 15) is 28.0 Å². The Morgan fingerprint density at radius 1 is 1.02 bits per heavy atom. The number of pyridine rings is 1. The minimum atomic E-state index is -4.16. The summed E-state index contributed by atoms with van der Waals surface area (Å²) in [5.41, 5.74) is 0.744. The Labute approximate surface area is 261 Å². The molecule has 2 aliphatic rings. The van der Waals surface area contributed by atoms with Gasteiger partial charge in [-0.25, -0.2) is 8.42 Å². The van der Waals surface area contributed by atoms with Crippen LogP contribution in [0.4, 0.5) is 0 Å². The van der Waals surface area contributed by atoms with Crippen LogP contribution in [0.15, 0.2) is 70.2 Å². The lowest BCUT2D eigenvalue weighted by atomic mass is 9.84. The summed E-state index contributed by atoms with van der Waals surface area (Å²) in [6, 6.07) is 12.6. The molecule has 234 valence electrons. The third-order valence-electron chi connectivity index (χ3n) is 8.22. The highest BCUT2D eigenvalue weighted by molar-refractivity contribution is 7.89. The van der Waals surface area contributed by atoms with Crippen molar-refractivity contribution >= 4 is 39.2 Å². The lowest BCUT2D eigenvalue weighted by Gasteiger charge is -2.27. The molecule has 3 aromatic rings. The Morgan fingerprint density at radius 2 is 1.77 bits per heavy atom. The smallest absolute Gasteiger partial charge is 0.361 e. The van der Waals surface area contributed by atoms with Gasteiger partial charge in [-0.1, -0.05) is 43.7 Å². The second kappa shape index (κ2) is 13.9. The number of furan rings is 1. The first-order valence-corrected chi connectivity index (χ1v) is 16.6. The van der Waals surface area contributed by atoms with E-state index in [0.717, 1.165) is 42.0 Å². The van der Waals surface area contributed by atoms with E-state index in [1.807, 2.05) is 0 Å². The van der Waals surface area contributed by atoms with Crippen molar-refractivity contribution < 1.29 is 37.2 Å². The molecule has 3 heterocycles. The Balaban J connectivity index is 1.28. The molecule has 1 aliphatic carbocycles. The molecule has 2 atom stereocenters. The predicted molar refractivity (Wildman–Crippen MR) is 160 cm³/mol. The van der Waals surface area contributed by atoms with Gasteiger partial charge in [0.25, 0.3) is 5.91 Å². The Bertz CT molecular complexity index is 1600. The quantitative estimate of drug-likeness (QED) is 0.238. The summed E-state index contributed by atoms with van der Waals surface area (Å²) in [6.45, 7) is -0.409. The average molecular weight is 644 g/mol. The van der Waals surface area contributed by atoms with E-state index >= 15 is 0 Å². The van der Waals surface area contributed by atoms with E-state index in [-0.39, 0.29) is 29.7 Å². The van der Waals surface area contributed by atoms with Crippen molar-refractivity contribution in [3.63, 3.8) is 0 Å². The highest BCUT2D eigenvalue weighted by Crippen LogP contribution is 2.28. The van der Waals surface area contributed by atoms with Crippen LogP contribution < -0.4 is 15.4 Å². The van der Waals surface area contributed by atoms with E-state index in [1.165, 1.54) is 24.4 Å². The summed E-state index contributed by atoms with van der Waals surface area (Å²) in [5, 5.41) is 15.9. The van der Waals surface area contributed by atoms with Crippen LogP contribution >= 0.6 is 11.6 Å². The maximum absolute atomic E-state index is 13.6. The Morgan fingerprint density at radius 3 is 2.50 bits per heavy atom. The molecule has 44 heavy (non-hydrogen) atoms. The monoisotopic (exact) mass is 643 g/mol. The van der Waals surface area contributed by atoms with Gasteiger partial charge in [0.1, 0.15) is 11.8 Å². The molecule has 2 fully saturated rings. The second-order valence-corrected chi connectivity index (χ2v) is 13.6.